The predicted molar refractivity (Wildman–Crippen MR) is 104 cm³/mol. The van der Waals surface area contributed by atoms with Crippen LogP contribution in [0.2, 0.25) is 0 Å². The highest BCUT2D eigenvalue weighted by atomic mass is 16.5. The molecule has 1 aliphatic rings. The summed E-state index contributed by atoms with van der Waals surface area (Å²) in [6.45, 7) is 2.77. The predicted octanol–water partition coefficient (Wildman–Crippen LogP) is 3.32. The zero-order chi connectivity index (χ0) is 18.6. The van der Waals surface area contributed by atoms with E-state index in [2.05, 4.69) is 27.3 Å². The van der Waals surface area contributed by atoms with Gasteiger partial charge in [0.1, 0.15) is 5.75 Å². The van der Waals surface area contributed by atoms with Crippen LogP contribution in [-0.2, 0) is 0 Å². The Kier molecular flexibility index (Phi) is 5.20. The van der Waals surface area contributed by atoms with Gasteiger partial charge in [0, 0.05) is 18.3 Å². The van der Waals surface area contributed by atoms with E-state index < -0.39 is 0 Å². The second kappa shape index (κ2) is 7.92. The van der Waals surface area contributed by atoms with Gasteiger partial charge in [-0.2, -0.15) is 10.1 Å². The van der Waals surface area contributed by atoms with E-state index in [1.54, 1.807) is 6.20 Å². The molecule has 7 nitrogen and oxygen atoms in total. The summed E-state index contributed by atoms with van der Waals surface area (Å²) in [6.07, 6.45) is 7.85. The van der Waals surface area contributed by atoms with Gasteiger partial charge in [0.25, 0.3) is 0 Å². The highest BCUT2D eigenvalue weighted by Gasteiger charge is 2.20. The number of benzene rings is 1. The molecular weight excluding hydrogens is 342 g/mol. The summed E-state index contributed by atoms with van der Waals surface area (Å²) >= 11 is 0. The van der Waals surface area contributed by atoms with E-state index in [4.69, 9.17) is 4.74 Å². The molecule has 0 amide bonds. The van der Waals surface area contributed by atoms with Crippen molar-refractivity contribution in [1.29, 1.82) is 0 Å². The van der Waals surface area contributed by atoms with E-state index in [0.29, 0.717) is 24.4 Å². The smallest absolute Gasteiger partial charge is 0.224 e. The largest absolute Gasteiger partial charge is 0.493 e. The molecule has 2 N–H and O–H groups in total. The fraction of sp³-hybridized carbons (Fsp3) is 0.450. The molecule has 27 heavy (non-hydrogen) atoms. The second-order valence-electron chi connectivity index (χ2n) is 6.98. The Hall–Kier alpha value is -2.67. The van der Waals surface area contributed by atoms with Gasteiger partial charge in [-0.05, 0) is 44.2 Å². The number of aliphatic hydroxyl groups excluding tert-OH is 1. The molecule has 1 fully saturated rings. The lowest BCUT2D eigenvalue weighted by Crippen LogP contribution is -2.29. The van der Waals surface area contributed by atoms with Crippen molar-refractivity contribution in [2.75, 3.05) is 11.9 Å². The van der Waals surface area contributed by atoms with Crippen molar-refractivity contribution < 1.29 is 9.84 Å². The zero-order valence-electron chi connectivity index (χ0n) is 15.5. The van der Waals surface area contributed by atoms with Gasteiger partial charge in [0.05, 0.1) is 29.8 Å². The van der Waals surface area contributed by atoms with Crippen molar-refractivity contribution in [3.8, 4) is 11.6 Å². The van der Waals surface area contributed by atoms with Crippen LogP contribution >= 0.6 is 0 Å². The van der Waals surface area contributed by atoms with Crippen LogP contribution in [0.4, 0.5) is 5.95 Å². The molecule has 0 unspecified atom stereocenters. The van der Waals surface area contributed by atoms with E-state index in [1.807, 2.05) is 35.1 Å². The van der Waals surface area contributed by atoms with Crippen LogP contribution in [0.25, 0.3) is 16.7 Å². The first-order valence-electron chi connectivity index (χ1n) is 9.62. The van der Waals surface area contributed by atoms with Crippen LogP contribution in [0, 0.1) is 0 Å². The van der Waals surface area contributed by atoms with Gasteiger partial charge in [-0.3, -0.25) is 0 Å². The number of nitrogens with zero attached hydrogens (tertiary/aromatic N) is 4. The lowest BCUT2D eigenvalue weighted by Gasteiger charge is -2.26. The van der Waals surface area contributed by atoms with Crippen molar-refractivity contribution in [2.24, 2.45) is 0 Å². The minimum Gasteiger partial charge on any atom is -0.493 e. The molecule has 4 rings (SSSR count). The molecule has 0 spiro atoms. The molecule has 0 radical (unpaired) electrons. The molecule has 7 heteroatoms. The summed E-state index contributed by atoms with van der Waals surface area (Å²) in [5, 5.41) is 18.5. The normalized spacial score (nSPS) is 19.9. The molecule has 0 atom stereocenters. The van der Waals surface area contributed by atoms with Gasteiger partial charge in [0.2, 0.25) is 5.95 Å². The van der Waals surface area contributed by atoms with Crippen LogP contribution in [0.5, 0.6) is 5.75 Å². The number of aromatic nitrogens is 4. The summed E-state index contributed by atoms with van der Waals surface area (Å²) in [4.78, 5) is 9.00. The molecule has 0 bridgehead atoms. The third-order valence-corrected chi connectivity index (χ3v) is 4.92. The molecule has 3 aromatic rings. The van der Waals surface area contributed by atoms with E-state index >= 15 is 0 Å². The molecule has 2 heterocycles. The standard InChI is InChI=1S/C20H25N5O2/c1-2-12-27-18-5-3-4-17-16(18)13-22-25(17)19-10-11-21-20(24-19)23-14-6-8-15(26)9-7-14/h3-5,10-11,13-15,26H,2,6-9,12H2,1H3,(H,21,23,24). The second-order valence-corrected chi connectivity index (χ2v) is 6.98. The van der Waals surface area contributed by atoms with Crippen LogP contribution < -0.4 is 10.1 Å². The van der Waals surface area contributed by atoms with Gasteiger partial charge in [-0.15, -0.1) is 0 Å². The molecule has 0 saturated heterocycles. The number of aliphatic hydroxyl groups is 1. The highest BCUT2D eigenvalue weighted by molar-refractivity contribution is 5.86. The van der Waals surface area contributed by atoms with Crippen molar-refractivity contribution in [3.63, 3.8) is 0 Å². The first-order valence-corrected chi connectivity index (χ1v) is 9.62. The number of hydrogen-bond donors (Lipinski definition) is 2. The Balaban J connectivity index is 1.58. The average Bonchev–Trinajstić information content (AvgIpc) is 3.13. The van der Waals surface area contributed by atoms with Crippen molar-refractivity contribution in [2.45, 2.75) is 51.2 Å². The first-order chi connectivity index (χ1) is 13.2. The van der Waals surface area contributed by atoms with Gasteiger partial charge < -0.3 is 15.2 Å². The van der Waals surface area contributed by atoms with E-state index in [-0.39, 0.29) is 6.10 Å². The van der Waals surface area contributed by atoms with Gasteiger partial charge in [-0.25, -0.2) is 9.67 Å². The Morgan fingerprint density at radius 1 is 1.22 bits per heavy atom. The Labute approximate surface area is 158 Å². The fourth-order valence-electron chi connectivity index (χ4n) is 3.48. The fourth-order valence-corrected chi connectivity index (χ4v) is 3.48. The summed E-state index contributed by atoms with van der Waals surface area (Å²) < 4.78 is 7.64. The van der Waals surface area contributed by atoms with Crippen LogP contribution in [-0.4, -0.2) is 43.6 Å². The molecule has 1 aliphatic carbocycles. The maximum atomic E-state index is 9.66. The van der Waals surface area contributed by atoms with E-state index in [0.717, 1.165) is 48.8 Å². The van der Waals surface area contributed by atoms with Gasteiger partial charge in [0.15, 0.2) is 5.82 Å². The lowest BCUT2D eigenvalue weighted by atomic mass is 9.93. The first kappa shape index (κ1) is 17.7. The van der Waals surface area contributed by atoms with E-state index in [1.165, 1.54) is 0 Å². The molecule has 1 aromatic carbocycles. The Morgan fingerprint density at radius 3 is 2.89 bits per heavy atom. The number of hydrogen-bond acceptors (Lipinski definition) is 6. The number of fused-ring (bicyclic) bond motifs is 1. The monoisotopic (exact) mass is 367 g/mol. The van der Waals surface area contributed by atoms with Crippen molar-refractivity contribution in [3.05, 3.63) is 36.7 Å². The molecule has 0 aliphatic heterocycles. The summed E-state index contributed by atoms with van der Waals surface area (Å²) in [6, 6.07) is 8.10. The third-order valence-electron chi connectivity index (χ3n) is 4.92. The highest BCUT2D eigenvalue weighted by Crippen LogP contribution is 2.27. The average molecular weight is 367 g/mol. The maximum absolute atomic E-state index is 9.66. The third kappa shape index (κ3) is 3.88. The zero-order valence-corrected chi connectivity index (χ0v) is 15.5. The van der Waals surface area contributed by atoms with Crippen LogP contribution in [0.3, 0.4) is 0 Å². The molecule has 1 saturated carbocycles. The minimum absolute atomic E-state index is 0.171. The maximum Gasteiger partial charge on any atom is 0.224 e. The number of anilines is 1. The summed E-state index contributed by atoms with van der Waals surface area (Å²) in [5.41, 5.74) is 0.953. The van der Waals surface area contributed by atoms with Gasteiger partial charge >= 0.3 is 0 Å². The number of ether oxygens (including phenoxy) is 1. The summed E-state index contributed by atoms with van der Waals surface area (Å²) in [7, 11) is 0. The Bertz CT molecular complexity index is 902. The van der Waals surface area contributed by atoms with Crippen molar-refractivity contribution in [1.82, 2.24) is 19.7 Å². The van der Waals surface area contributed by atoms with Crippen LogP contribution in [0.15, 0.2) is 36.7 Å². The number of nitrogens with one attached hydrogen (secondary N) is 1. The van der Waals surface area contributed by atoms with E-state index in [9.17, 15) is 5.11 Å². The Morgan fingerprint density at radius 2 is 2.07 bits per heavy atom. The van der Waals surface area contributed by atoms with Crippen molar-refractivity contribution >= 4 is 16.9 Å². The molecule has 142 valence electrons. The SMILES string of the molecule is CCCOc1cccc2c1cnn2-c1ccnc(NC2CCC(O)CC2)n1. The minimum atomic E-state index is -0.171. The van der Waals surface area contributed by atoms with Crippen LogP contribution in [0.1, 0.15) is 39.0 Å². The summed E-state index contributed by atoms with van der Waals surface area (Å²) in [5.74, 6) is 2.15. The lowest BCUT2D eigenvalue weighted by molar-refractivity contribution is 0.126. The number of rotatable bonds is 6. The quantitative estimate of drug-likeness (QED) is 0.695. The van der Waals surface area contributed by atoms with Gasteiger partial charge in [-0.1, -0.05) is 13.0 Å². The topological polar surface area (TPSA) is 85.1 Å². The molecular formula is C20H25N5O2. The molecule has 2 aromatic heterocycles.